The zero-order valence-electron chi connectivity index (χ0n) is 15.1. The Balaban J connectivity index is 1.50. The lowest BCUT2D eigenvalue weighted by atomic mass is 9.94. The summed E-state index contributed by atoms with van der Waals surface area (Å²) < 4.78 is 0. The van der Waals surface area contributed by atoms with Gasteiger partial charge in [-0.25, -0.2) is 0 Å². The fourth-order valence-electron chi connectivity index (χ4n) is 3.48. The Morgan fingerprint density at radius 1 is 1.27 bits per heavy atom. The Kier molecular flexibility index (Phi) is 6.17. The second-order valence-corrected chi connectivity index (χ2v) is 6.83. The van der Waals surface area contributed by atoms with Gasteiger partial charge in [-0.1, -0.05) is 6.07 Å². The minimum Gasteiger partial charge on any atom is -0.396 e. The number of aliphatic hydroxyl groups excluding tert-OH is 1. The van der Waals surface area contributed by atoms with Gasteiger partial charge in [-0.2, -0.15) is 0 Å². The quantitative estimate of drug-likeness (QED) is 0.828. The monoisotopic (exact) mass is 354 g/mol. The summed E-state index contributed by atoms with van der Waals surface area (Å²) in [4.78, 5) is 23.1. The number of piperidine rings is 1. The van der Waals surface area contributed by atoms with Crippen LogP contribution in [0, 0.1) is 12.8 Å². The van der Waals surface area contributed by atoms with Crippen molar-refractivity contribution in [3.63, 3.8) is 0 Å². The van der Waals surface area contributed by atoms with Gasteiger partial charge in [-0.3, -0.25) is 14.8 Å². The molecular weight excluding hydrogens is 328 g/mol. The van der Waals surface area contributed by atoms with Crippen LogP contribution in [-0.4, -0.2) is 47.2 Å². The molecule has 2 aromatic heterocycles. The highest BCUT2D eigenvalue weighted by atomic mass is 16.3. The zero-order chi connectivity index (χ0) is 18.4. The first-order valence-corrected chi connectivity index (χ1v) is 9.13. The standard InChI is InChI=1S/C20H26N4O2/c1-15-11-22-8-4-19(15)24-9-5-16(6-10-24)20(26)23-13-18(14-25)17-3-2-7-21-12-17/h2-4,7-8,11-12,16,18,25H,5-6,9-10,13-14H2,1H3,(H,23,26). The maximum absolute atomic E-state index is 12.5. The van der Waals surface area contributed by atoms with E-state index in [4.69, 9.17) is 0 Å². The molecule has 3 heterocycles. The van der Waals surface area contributed by atoms with E-state index in [1.54, 1.807) is 12.4 Å². The van der Waals surface area contributed by atoms with Crippen molar-refractivity contribution in [3.05, 3.63) is 54.1 Å². The lowest BCUT2D eigenvalue weighted by molar-refractivity contribution is -0.125. The van der Waals surface area contributed by atoms with Gasteiger partial charge in [0.05, 0.1) is 6.61 Å². The largest absolute Gasteiger partial charge is 0.396 e. The van der Waals surface area contributed by atoms with Crippen LogP contribution in [0.25, 0.3) is 0 Å². The highest BCUT2D eigenvalue weighted by Gasteiger charge is 2.26. The summed E-state index contributed by atoms with van der Waals surface area (Å²) in [6, 6.07) is 5.81. The molecule has 1 amide bonds. The zero-order valence-corrected chi connectivity index (χ0v) is 15.1. The van der Waals surface area contributed by atoms with Gasteiger partial charge >= 0.3 is 0 Å². The molecule has 0 spiro atoms. The third-order valence-electron chi connectivity index (χ3n) is 5.10. The third-order valence-corrected chi connectivity index (χ3v) is 5.10. The number of rotatable bonds is 6. The number of carbonyl (C=O) groups is 1. The molecule has 0 bridgehead atoms. The van der Waals surface area contributed by atoms with Crippen LogP contribution >= 0.6 is 0 Å². The number of aliphatic hydroxyl groups is 1. The third kappa shape index (κ3) is 4.38. The number of amides is 1. The van der Waals surface area contributed by atoms with Crippen LogP contribution in [0.1, 0.15) is 29.9 Å². The molecule has 1 aliphatic heterocycles. The maximum atomic E-state index is 12.5. The number of aryl methyl sites for hydroxylation is 1. The number of nitrogens with one attached hydrogen (secondary N) is 1. The van der Waals surface area contributed by atoms with Crippen LogP contribution in [0.15, 0.2) is 43.0 Å². The molecule has 1 unspecified atom stereocenters. The first kappa shape index (κ1) is 18.3. The van der Waals surface area contributed by atoms with E-state index < -0.39 is 0 Å². The summed E-state index contributed by atoms with van der Waals surface area (Å²) in [5.74, 6) is -0.00715. The summed E-state index contributed by atoms with van der Waals surface area (Å²) >= 11 is 0. The van der Waals surface area contributed by atoms with Crippen molar-refractivity contribution in [3.8, 4) is 0 Å². The van der Waals surface area contributed by atoms with E-state index in [0.29, 0.717) is 6.54 Å². The topological polar surface area (TPSA) is 78.4 Å². The SMILES string of the molecule is Cc1cnccc1N1CCC(C(=O)NCC(CO)c2cccnc2)CC1. The molecule has 1 saturated heterocycles. The molecule has 1 atom stereocenters. The van der Waals surface area contributed by atoms with E-state index in [2.05, 4.69) is 27.1 Å². The number of aromatic nitrogens is 2. The first-order valence-electron chi connectivity index (χ1n) is 9.13. The number of carbonyl (C=O) groups excluding carboxylic acids is 1. The summed E-state index contributed by atoms with van der Waals surface area (Å²) in [6.07, 6.45) is 8.81. The van der Waals surface area contributed by atoms with E-state index in [1.807, 2.05) is 30.6 Å². The van der Waals surface area contributed by atoms with Gasteiger partial charge in [0.25, 0.3) is 0 Å². The van der Waals surface area contributed by atoms with Crippen molar-refractivity contribution < 1.29 is 9.90 Å². The number of pyridine rings is 2. The summed E-state index contributed by atoms with van der Waals surface area (Å²) in [5.41, 5.74) is 3.31. The fourth-order valence-corrected chi connectivity index (χ4v) is 3.48. The van der Waals surface area contributed by atoms with Gasteiger partial charge in [0.1, 0.15) is 0 Å². The predicted octanol–water partition coefficient (Wildman–Crippen LogP) is 1.89. The second-order valence-electron chi connectivity index (χ2n) is 6.83. The van der Waals surface area contributed by atoms with Crippen LogP contribution in [0.5, 0.6) is 0 Å². The number of anilines is 1. The van der Waals surface area contributed by atoms with Crippen molar-refractivity contribution >= 4 is 11.6 Å². The molecule has 6 nitrogen and oxygen atoms in total. The number of hydrogen-bond acceptors (Lipinski definition) is 5. The van der Waals surface area contributed by atoms with E-state index in [0.717, 1.165) is 37.1 Å². The highest BCUT2D eigenvalue weighted by Crippen LogP contribution is 2.25. The van der Waals surface area contributed by atoms with Gasteiger partial charge in [-0.15, -0.1) is 0 Å². The lowest BCUT2D eigenvalue weighted by Crippen LogP contribution is -2.42. The van der Waals surface area contributed by atoms with Gasteiger partial charge < -0.3 is 15.3 Å². The normalized spacial score (nSPS) is 16.3. The summed E-state index contributed by atoms with van der Waals surface area (Å²) in [5, 5.41) is 12.6. The molecule has 0 aliphatic carbocycles. The average Bonchev–Trinajstić information content (AvgIpc) is 2.70. The molecule has 6 heteroatoms. The van der Waals surface area contributed by atoms with Crippen LogP contribution in [0.4, 0.5) is 5.69 Å². The van der Waals surface area contributed by atoms with Crippen molar-refractivity contribution in [1.29, 1.82) is 0 Å². The lowest BCUT2D eigenvalue weighted by Gasteiger charge is -2.34. The molecule has 26 heavy (non-hydrogen) atoms. The molecule has 138 valence electrons. The molecule has 2 N–H and O–H groups in total. The summed E-state index contributed by atoms with van der Waals surface area (Å²) in [6.45, 7) is 4.23. The van der Waals surface area contributed by atoms with E-state index in [9.17, 15) is 9.90 Å². The van der Waals surface area contributed by atoms with Crippen molar-refractivity contribution in [2.45, 2.75) is 25.7 Å². The number of nitrogens with zero attached hydrogens (tertiary/aromatic N) is 3. The van der Waals surface area contributed by atoms with E-state index in [-0.39, 0.29) is 24.3 Å². The Labute approximate surface area is 154 Å². The van der Waals surface area contributed by atoms with Gasteiger partial charge in [0.2, 0.25) is 5.91 Å². The first-order chi connectivity index (χ1) is 12.7. The predicted molar refractivity (Wildman–Crippen MR) is 101 cm³/mol. The molecule has 1 aliphatic rings. The van der Waals surface area contributed by atoms with Crippen molar-refractivity contribution in [1.82, 2.24) is 15.3 Å². The molecule has 2 aromatic rings. The van der Waals surface area contributed by atoms with Gasteiger partial charge in [0, 0.05) is 61.9 Å². The fraction of sp³-hybridized carbons (Fsp3) is 0.450. The minimum atomic E-state index is -0.118. The molecule has 0 radical (unpaired) electrons. The van der Waals surface area contributed by atoms with Crippen LogP contribution in [0.2, 0.25) is 0 Å². The Morgan fingerprint density at radius 2 is 2.04 bits per heavy atom. The molecule has 0 saturated carbocycles. The minimum absolute atomic E-state index is 0.00820. The Morgan fingerprint density at radius 3 is 2.69 bits per heavy atom. The van der Waals surface area contributed by atoms with Crippen LogP contribution in [0.3, 0.4) is 0 Å². The van der Waals surface area contributed by atoms with Gasteiger partial charge in [-0.05, 0) is 43.0 Å². The molecule has 0 aromatic carbocycles. The van der Waals surface area contributed by atoms with E-state index >= 15 is 0 Å². The highest BCUT2D eigenvalue weighted by molar-refractivity contribution is 5.79. The van der Waals surface area contributed by atoms with Crippen LogP contribution < -0.4 is 10.2 Å². The average molecular weight is 354 g/mol. The van der Waals surface area contributed by atoms with Crippen LogP contribution in [-0.2, 0) is 4.79 Å². The van der Waals surface area contributed by atoms with Crippen molar-refractivity contribution in [2.24, 2.45) is 5.92 Å². The number of hydrogen-bond donors (Lipinski definition) is 2. The molecule has 1 fully saturated rings. The van der Waals surface area contributed by atoms with E-state index in [1.165, 1.54) is 5.69 Å². The maximum Gasteiger partial charge on any atom is 0.223 e. The summed E-state index contributed by atoms with van der Waals surface area (Å²) in [7, 11) is 0. The Bertz CT molecular complexity index is 715. The van der Waals surface area contributed by atoms with Gasteiger partial charge in [0.15, 0.2) is 0 Å². The molecule has 3 rings (SSSR count). The second kappa shape index (κ2) is 8.76. The molecular formula is C20H26N4O2. The Hall–Kier alpha value is -2.47. The smallest absolute Gasteiger partial charge is 0.223 e. The van der Waals surface area contributed by atoms with Crippen molar-refractivity contribution in [2.75, 3.05) is 31.1 Å².